The van der Waals surface area contributed by atoms with Gasteiger partial charge in [0.1, 0.15) is 0 Å². The van der Waals surface area contributed by atoms with E-state index in [0.29, 0.717) is 6.54 Å². The van der Waals surface area contributed by atoms with Crippen LogP contribution in [0.15, 0.2) is 12.2 Å². The minimum Gasteiger partial charge on any atom is -0.478 e. The lowest BCUT2D eigenvalue weighted by atomic mass is 9.81. The van der Waals surface area contributed by atoms with Gasteiger partial charge in [-0.25, -0.2) is 4.79 Å². The van der Waals surface area contributed by atoms with Gasteiger partial charge in [-0.05, 0) is 31.2 Å². The molecule has 3 nitrogen and oxygen atoms in total. The predicted octanol–water partition coefficient (Wildman–Crippen LogP) is 2.43. The molecule has 2 unspecified atom stereocenters. The summed E-state index contributed by atoms with van der Waals surface area (Å²) in [7, 11) is 0. The van der Waals surface area contributed by atoms with E-state index in [1.54, 1.807) is 0 Å². The normalized spacial score (nSPS) is 25.3. The molecule has 0 spiro atoms. The van der Waals surface area contributed by atoms with Crippen LogP contribution in [0.5, 0.6) is 0 Å². The van der Waals surface area contributed by atoms with Gasteiger partial charge in [0, 0.05) is 12.1 Å². The highest BCUT2D eigenvalue weighted by atomic mass is 16.4. The fourth-order valence-electron chi connectivity index (χ4n) is 2.44. The summed E-state index contributed by atoms with van der Waals surface area (Å²) in [6.45, 7) is 7.12. The Labute approximate surface area is 97.9 Å². The highest BCUT2D eigenvalue weighted by Gasteiger charge is 2.18. The maximum atomic E-state index is 10.5. The van der Waals surface area contributed by atoms with E-state index in [2.05, 4.69) is 18.8 Å². The number of hydrogen-bond donors (Lipinski definition) is 2. The van der Waals surface area contributed by atoms with Gasteiger partial charge in [0.15, 0.2) is 0 Å². The fourth-order valence-corrected chi connectivity index (χ4v) is 2.44. The molecular weight excluding hydrogens is 202 g/mol. The zero-order valence-electron chi connectivity index (χ0n) is 10.2. The third-order valence-corrected chi connectivity index (χ3v) is 3.42. The highest BCUT2D eigenvalue weighted by molar-refractivity contribution is 5.86. The van der Waals surface area contributed by atoms with Gasteiger partial charge in [-0.1, -0.05) is 32.8 Å². The van der Waals surface area contributed by atoms with E-state index in [1.165, 1.54) is 25.7 Å². The molecule has 1 fully saturated rings. The van der Waals surface area contributed by atoms with Gasteiger partial charge in [-0.2, -0.15) is 0 Å². The largest absolute Gasteiger partial charge is 0.478 e. The van der Waals surface area contributed by atoms with E-state index in [1.807, 2.05) is 0 Å². The molecule has 0 bridgehead atoms. The van der Waals surface area contributed by atoms with E-state index < -0.39 is 5.97 Å². The summed E-state index contributed by atoms with van der Waals surface area (Å²) in [6, 6.07) is 0. The minimum atomic E-state index is -0.904. The Kier molecular flexibility index (Phi) is 5.53. The van der Waals surface area contributed by atoms with Crippen LogP contribution in [0.3, 0.4) is 0 Å². The second-order valence-electron chi connectivity index (χ2n) is 5.01. The van der Waals surface area contributed by atoms with Gasteiger partial charge in [-0.15, -0.1) is 0 Å². The van der Waals surface area contributed by atoms with Crippen LogP contribution in [0, 0.1) is 11.8 Å². The minimum absolute atomic E-state index is 0.247. The average Bonchev–Trinajstić information content (AvgIpc) is 2.24. The van der Waals surface area contributed by atoms with E-state index in [4.69, 9.17) is 5.11 Å². The maximum Gasteiger partial charge on any atom is 0.332 e. The third-order valence-electron chi connectivity index (χ3n) is 3.42. The first-order valence-corrected chi connectivity index (χ1v) is 6.21. The van der Waals surface area contributed by atoms with Crippen molar-refractivity contribution in [3.63, 3.8) is 0 Å². The first kappa shape index (κ1) is 13.2. The van der Waals surface area contributed by atoms with Gasteiger partial charge in [0.05, 0.1) is 0 Å². The summed E-state index contributed by atoms with van der Waals surface area (Å²) >= 11 is 0. The van der Waals surface area contributed by atoms with Crippen molar-refractivity contribution in [2.24, 2.45) is 11.8 Å². The fraction of sp³-hybridized carbons (Fsp3) is 0.769. The Morgan fingerprint density at radius 1 is 1.50 bits per heavy atom. The summed E-state index contributed by atoms with van der Waals surface area (Å²) in [6.07, 6.45) is 6.57. The molecule has 1 aliphatic rings. The van der Waals surface area contributed by atoms with E-state index in [0.717, 1.165) is 24.8 Å². The number of carboxylic acids is 1. The zero-order chi connectivity index (χ0) is 12.0. The quantitative estimate of drug-likeness (QED) is 0.539. The second kappa shape index (κ2) is 6.69. The molecule has 3 heteroatoms. The standard InChI is InChI=1S/C13H23NO2/c1-10-4-3-5-12(8-10)6-7-14-9-11(2)13(15)16/h10,12,14H,2-9H2,1H3,(H,15,16). The van der Waals surface area contributed by atoms with E-state index in [9.17, 15) is 4.79 Å². The highest BCUT2D eigenvalue weighted by Crippen LogP contribution is 2.30. The molecule has 0 aromatic carbocycles. The zero-order valence-corrected chi connectivity index (χ0v) is 10.2. The Bertz CT molecular complexity index is 250. The molecule has 0 radical (unpaired) electrons. The summed E-state index contributed by atoms with van der Waals surface area (Å²) in [5, 5.41) is 11.8. The number of hydrogen-bond acceptors (Lipinski definition) is 2. The second-order valence-corrected chi connectivity index (χ2v) is 5.01. The molecule has 0 amide bonds. The van der Waals surface area contributed by atoms with Crippen molar-refractivity contribution in [3.8, 4) is 0 Å². The lowest BCUT2D eigenvalue weighted by Gasteiger charge is -2.26. The number of carbonyl (C=O) groups is 1. The van der Waals surface area contributed by atoms with Gasteiger partial charge >= 0.3 is 5.97 Å². The number of carboxylic acid groups (broad SMARTS) is 1. The van der Waals surface area contributed by atoms with Crippen LogP contribution in [-0.4, -0.2) is 24.2 Å². The van der Waals surface area contributed by atoms with E-state index >= 15 is 0 Å². The van der Waals surface area contributed by atoms with Crippen LogP contribution in [-0.2, 0) is 4.79 Å². The first-order chi connectivity index (χ1) is 7.59. The van der Waals surface area contributed by atoms with Gasteiger partial charge in [-0.3, -0.25) is 0 Å². The topological polar surface area (TPSA) is 49.3 Å². The lowest BCUT2D eigenvalue weighted by molar-refractivity contribution is -0.132. The molecule has 0 aromatic heterocycles. The monoisotopic (exact) mass is 225 g/mol. The van der Waals surface area contributed by atoms with Crippen molar-refractivity contribution in [1.29, 1.82) is 0 Å². The molecule has 2 N–H and O–H groups in total. The van der Waals surface area contributed by atoms with Crippen molar-refractivity contribution in [2.45, 2.75) is 39.0 Å². The summed E-state index contributed by atoms with van der Waals surface area (Å²) < 4.78 is 0. The molecule has 2 atom stereocenters. The molecular formula is C13H23NO2. The SMILES string of the molecule is C=C(CNCCC1CCCC(C)C1)C(=O)O. The summed E-state index contributed by atoms with van der Waals surface area (Å²) in [5.74, 6) is 0.792. The van der Waals surface area contributed by atoms with Crippen LogP contribution in [0.1, 0.15) is 39.0 Å². The van der Waals surface area contributed by atoms with Crippen LogP contribution in [0.2, 0.25) is 0 Å². The van der Waals surface area contributed by atoms with Crippen molar-refractivity contribution in [1.82, 2.24) is 5.32 Å². The van der Waals surface area contributed by atoms with Gasteiger partial charge < -0.3 is 10.4 Å². The molecule has 1 rings (SSSR count). The molecule has 1 saturated carbocycles. The van der Waals surface area contributed by atoms with E-state index in [-0.39, 0.29) is 5.57 Å². The summed E-state index contributed by atoms with van der Waals surface area (Å²) in [5.41, 5.74) is 0.247. The first-order valence-electron chi connectivity index (χ1n) is 6.21. The number of nitrogens with one attached hydrogen (secondary N) is 1. The maximum absolute atomic E-state index is 10.5. The number of aliphatic carboxylic acids is 1. The van der Waals surface area contributed by atoms with Crippen molar-refractivity contribution >= 4 is 5.97 Å². The van der Waals surface area contributed by atoms with Crippen molar-refractivity contribution in [3.05, 3.63) is 12.2 Å². The third kappa shape index (κ3) is 4.79. The Morgan fingerprint density at radius 3 is 2.88 bits per heavy atom. The number of rotatable bonds is 6. The van der Waals surface area contributed by atoms with Crippen LogP contribution in [0.25, 0.3) is 0 Å². The molecule has 0 aromatic rings. The Balaban J connectivity index is 2.06. The Hall–Kier alpha value is -0.830. The van der Waals surface area contributed by atoms with Crippen LogP contribution < -0.4 is 5.32 Å². The molecule has 0 saturated heterocycles. The van der Waals surface area contributed by atoms with Crippen LogP contribution in [0.4, 0.5) is 0 Å². The van der Waals surface area contributed by atoms with Gasteiger partial charge in [0.25, 0.3) is 0 Å². The molecule has 0 aliphatic heterocycles. The Morgan fingerprint density at radius 2 is 2.25 bits per heavy atom. The molecule has 1 aliphatic carbocycles. The smallest absolute Gasteiger partial charge is 0.332 e. The predicted molar refractivity (Wildman–Crippen MR) is 65.4 cm³/mol. The summed E-state index contributed by atoms with van der Waals surface area (Å²) in [4.78, 5) is 10.5. The van der Waals surface area contributed by atoms with Crippen molar-refractivity contribution < 1.29 is 9.90 Å². The van der Waals surface area contributed by atoms with Crippen molar-refractivity contribution in [2.75, 3.05) is 13.1 Å². The van der Waals surface area contributed by atoms with Crippen LogP contribution >= 0.6 is 0 Å². The average molecular weight is 225 g/mol. The molecule has 92 valence electrons. The molecule has 0 heterocycles. The molecule has 16 heavy (non-hydrogen) atoms. The lowest BCUT2D eigenvalue weighted by Crippen LogP contribution is -2.24. The van der Waals surface area contributed by atoms with Gasteiger partial charge in [0.2, 0.25) is 0 Å².